The summed E-state index contributed by atoms with van der Waals surface area (Å²) < 4.78 is 0. The molecular weight excluding hydrogens is 96.1 g/mol. The van der Waals surface area contributed by atoms with E-state index < -0.39 is 0 Å². The minimum absolute atomic E-state index is 0.872. The maximum atomic E-state index is 6.62. The van der Waals surface area contributed by atoms with Crippen molar-refractivity contribution >= 4 is 0 Å². The van der Waals surface area contributed by atoms with E-state index in [9.17, 15) is 0 Å². The molecule has 1 aliphatic carbocycles. The van der Waals surface area contributed by atoms with Crippen molar-refractivity contribution in [2.24, 2.45) is 5.92 Å². The first kappa shape index (κ1) is 5.69. The van der Waals surface area contributed by atoms with Gasteiger partial charge in [0, 0.05) is 6.42 Å². The van der Waals surface area contributed by atoms with Crippen LogP contribution in [-0.2, 0) is 0 Å². The van der Waals surface area contributed by atoms with E-state index in [1.54, 1.807) is 0 Å². The van der Waals surface area contributed by atoms with Crippen LogP contribution in [0.25, 0.3) is 0 Å². The Balaban J connectivity index is 1.83. The molecule has 43 valence electrons. The van der Waals surface area contributed by atoms with Crippen molar-refractivity contribution in [3.63, 3.8) is 0 Å². The minimum atomic E-state index is 0.872. The van der Waals surface area contributed by atoms with Gasteiger partial charge in [-0.1, -0.05) is 18.8 Å². The van der Waals surface area contributed by atoms with E-state index in [0.29, 0.717) is 0 Å². The van der Waals surface area contributed by atoms with Crippen molar-refractivity contribution in [3.8, 4) is 5.92 Å². The number of hydrogen-bond donors (Lipinski definition) is 0. The standard InChI is InChI=1S/C8H11/c1-2-3-4-5-8-6-7-8/h8H,3-7H2. The zero-order valence-corrected chi connectivity index (χ0v) is 5.11. The smallest absolute Gasteiger partial charge is 0.00990 e. The van der Waals surface area contributed by atoms with Crippen LogP contribution in [0.5, 0.6) is 0 Å². The monoisotopic (exact) mass is 107 g/mol. The van der Waals surface area contributed by atoms with Crippen LogP contribution in [0.15, 0.2) is 0 Å². The highest BCUT2D eigenvalue weighted by Crippen LogP contribution is 2.33. The molecule has 0 aromatic rings. The van der Waals surface area contributed by atoms with Gasteiger partial charge in [0.2, 0.25) is 0 Å². The molecule has 0 aromatic carbocycles. The van der Waals surface area contributed by atoms with Gasteiger partial charge in [0.15, 0.2) is 0 Å². The second kappa shape index (κ2) is 2.77. The Morgan fingerprint density at radius 2 is 2.25 bits per heavy atom. The van der Waals surface area contributed by atoms with Gasteiger partial charge in [0.1, 0.15) is 0 Å². The quantitative estimate of drug-likeness (QED) is 0.383. The highest BCUT2D eigenvalue weighted by Gasteiger charge is 2.19. The molecule has 1 fully saturated rings. The predicted octanol–water partition coefficient (Wildman–Crippen LogP) is 2.16. The SMILES string of the molecule is [C]#CCCCC1CC1. The summed E-state index contributed by atoms with van der Waals surface area (Å²) in [4.78, 5) is 0. The molecule has 0 heterocycles. The Morgan fingerprint density at radius 1 is 1.50 bits per heavy atom. The summed E-state index contributed by atoms with van der Waals surface area (Å²) in [6, 6.07) is 0. The van der Waals surface area contributed by atoms with Crippen LogP contribution < -0.4 is 0 Å². The predicted molar refractivity (Wildman–Crippen MR) is 33.7 cm³/mol. The fraction of sp³-hybridized carbons (Fsp3) is 0.750. The minimum Gasteiger partial charge on any atom is -0.0891 e. The maximum Gasteiger partial charge on any atom is 0.00990 e. The second-order valence-corrected chi connectivity index (χ2v) is 2.51. The number of rotatable bonds is 3. The molecule has 1 aliphatic rings. The third-order valence-electron chi connectivity index (χ3n) is 1.61. The lowest BCUT2D eigenvalue weighted by Crippen LogP contribution is -1.74. The Labute approximate surface area is 51.3 Å². The summed E-state index contributed by atoms with van der Waals surface area (Å²) in [5, 5.41) is 0. The topological polar surface area (TPSA) is 0 Å². The van der Waals surface area contributed by atoms with E-state index in [0.717, 1.165) is 12.3 Å². The van der Waals surface area contributed by atoms with Crippen molar-refractivity contribution in [1.82, 2.24) is 0 Å². The van der Waals surface area contributed by atoms with Crippen LogP contribution in [0.2, 0.25) is 0 Å². The maximum absolute atomic E-state index is 6.62. The van der Waals surface area contributed by atoms with E-state index in [2.05, 4.69) is 5.92 Å². The van der Waals surface area contributed by atoms with Crippen LogP contribution >= 0.6 is 0 Å². The third kappa shape index (κ3) is 2.02. The lowest BCUT2D eigenvalue weighted by atomic mass is 10.2. The van der Waals surface area contributed by atoms with Crippen molar-refractivity contribution in [3.05, 3.63) is 6.42 Å². The summed E-state index contributed by atoms with van der Waals surface area (Å²) >= 11 is 0. The molecule has 0 nitrogen and oxygen atoms in total. The van der Waals surface area contributed by atoms with Gasteiger partial charge in [0.25, 0.3) is 0 Å². The van der Waals surface area contributed by atoms with Crippen LogP contribution in [0.3, 0.4) is 0 Å². The van der Waals surface area contributed by atoms with Crippen molar-refractivity contribution in [2.75, 3.05) is 0 Å². The van der Waals surface area contributed by atoms with E-state index in [-0.39, 0.29) is 0 Å². The van der Waals surface area contributed by atoms with Crippen LogP contribution in [0.4, 0.5) is 0 Å². The van der Waals surface area contributed by atoms with E-state index in [4.69, 9.17) is 6.42 Å². The molecule has 0 amide bonds. The molecule has 1 radical (unpaired) electrons. The first-order valence-electron chi connectivity index (χ1n) is 3.33. The third-order valence-corrected chi connectivity index (χ3v) is 1.61. The highest BCUT2D eigenvalue weighted by molar-refractivity contribution is 4.78. The lowest BCUT2D eigenvalue weighted by molar-refractivity contribution is 0.681. The van der Waals surface area contributed by atoms with Gasteiger partial charge in [-0.15, -0.1) is 0 Å². The molecule has 0 aliphatic heterocycles. The normalized spacial score (nSPS) is 17.9. The van der Waals surface area contributed by atoms with Gasteiger partial charge < -0.3 is 0 Å². The van der Waals surface area contributed by atoms with Gasteiger partial charge in [-0.25, -0.2) is 0 Å². The fourth-order valence-corrected chi connectivity index (χ4v) is 0.886. The average Bonchev–Trinajstić information content (AvgIpc) is 2.51. The summed E-state index contributed by atoms with van der Waals surface area (Å²) in [7, 11) is 0. The molecule has 0 atom stereocenters. The number of hydrogen-bond acceptors (Lipinski definition) is 0. The first-order valence-corrected chi connectivity index (χ1v) is 3.33. The molecule has 8 heavy (non-hydrogen) atoms. The molecular formula is C8H11. The lowest BCUT2D eigenvalue weighted by Gasteiger charge is -1.88. The molecule has 1 rings (SSSR count). The van der Waals surface area contributed by atoms with Crippen molar-refractivity contribution in [2.45, 2.75) is 32.1 Å². The van der Waals surface area contributed by atoms with E-state index in [1.807, 2.05) is 0 Å². The van der Waals surface area contributed by atoms with Crippen molar-refractivity contribution in [1.29, 1.82) is 0 Å². The van der Waals surface area contributed by atoms with Crippen LogP contribution in [0.1, 0.15) is 32.1 Å². The molecule has 0 unspecified atom stereocenters. The van der Waals surface area contributed by atoms with Gasteiger partial charge in [0.05, 0.1) is 0 Å². The molecule has 0 bridgehead atoms. The Bertz CT molecular complexity index is 93.1. The van der Waals surface area contributed by atoms with Crippen LogP contribution in [0, 0.1) is 18.3 Å². The van der Waals surface area contributed by atoms with Crippen molar-refractivity contribution < 1.29 is 0 Å². The van der Waals surface area contributed by atoms with Gasteiger partial charge >= 0.3 is 0 Å². The van der Waals surface area contributed by atoms with E-state index in [1.165, 1.54) is 25.7 Å². The molecule has 0 heteroatoms. The molecule has 0 N–H and O–H groups in total. The largest absolute Gasteiger partial charge is 0.0891 e. The first-order chi connectivity index (χ1) is 3.93. The Morgan fingerprint density at radius 3 is 2.75 bits per heavy atom. The summed E-state index contributed by atoms with van der Waals surface area (Å²) in [6.45, 7) is 0. The number of unbranched alkanes of at least 4 members (excludes halogenated alkanes) is 1. The van der Waals surface area contributed by atoms with Gasteiger partial charge in [-0.05, 0) is 25.2 Å². The molecule has 1 saturated carbocycles. The Hall–Kier alpha value is -0.440. The Kier molecular flexibility index (Phi) is 1.97. The summed E-state index contributed by atoms with van der Waals surface area (Å²) in [5.41, 5.74) is 0. The summed E-state index contributed by atoms with van der Waals surface area (Å²) in [6.07, 6.45) is 12.9. The highest BCUT2D eigenvalue weighted by atomic mass is 14.2. The molecule has 0 aromatic heterocycles. The van der Waals surface area contributed by atoms with Crippen LogP contribution in [-0.4, -0.2) is 0 Å². The molecule has 0 spiro atoms. The van der Waals surface area contributed by atoms with Gasteiger partial charge in [-0.2, -0.15) is 0 Å². The second-order valence-electron chi connectivity index (χ2n) is 2.51. The average molecular weight is 107 g/mol. The van der Waals surface area contributed by atoms with Gasteiger partial charge in [-0.3, -0.25) is 0 Å². The molecule has 0 saturated heterocycles. The van der Waals surface area contributed by atoms with E-state index >= 15 is 0 Å². The summed E-state index contributed by atoms with van der Waals surface area (Å²) in [5.74, 6) is 3.43. The fourth-order valence-electron chi connectivity index (χ4n) is 0.886. The zero-order chi connectivity index (χ0) is 5.82. The zero-order valence-electron chi connectivity index (χ0n) is 5.11.